The second-order valence-corrected chi connectivity index (χ2v) is 4.97. The second kappa shape index (κ2) is 4.05. The van der Waals surface area contributed by atoms with Gasteiger partial charge in [0, 0.05) is 12.3 Å². The number of hydrogen-bond acceptors (Lipinski definition) is 5. The zero-order valence-corrected chi connectivity index (χ0v) is 9.25. The van der Waals surface area contributed by atoms with Crippen LogP contribution < -0.4 is 4.74 Å². The summed E-state index contributed by atoms with van der Waals surface area (Å²) in [5.41, 5.74) is -0.618. The molecule has 0 fully saturated rings. The lowest BCUT2D eigenvalue weighted by molar-refractivity contribution is -0.386. The molecule has 0 radical (unpaired) electrons. The standard InChI is InChI=1S/C8H8FNO5S/c1-15-7-4-8(16(2,13)14)5(9)3-6(7)10(11)12/h3-4H,1-2H3. The fourth-order valence-corrected chi connectivity index (χ4v) is 1.85. The van der Waals surface area contributed by atoms with Gasteiger partial charge in [-0.3, -0.25) is 10.1 Å². The van der Waals surface area contributed by atoms with E-state index in [-0.39, 0.29) is 5.75 Å². The van der Waals surface area contributed by atoms with Crippen molar-refractivity contribution < 1.29 is 22.5 Å². The van der Waals surface area contributed by atoms with Crippen LogP contribution in [-0.2, 0) is 9.84 Å². The molecule has 16 heavy (non-hydrogen) atoms. The number of ether oxygens (including phenoxy) is 1. The SMILES string of the molecule is COc1cc(S(C)(=O)=O)c(F)cc1[N+](=O)[O-]. The van der Waals surface area contributed by atoms with E-state index in [0.717, 1.165) is 19.4 Å². The molecule has 0 spiro atoms. The molecular formula is C8H8FNO5S. The Morgan fingerprint density at radius 3 is 2.38 bits per heavy atom. The van der Waals surface area contributed by atoms with Gasteiger partial charge >= 0.3 is 5.69 Å². The average Bonchev–Trinajstić information content (AvgIpc) is 2.15. The Kier molecular flexibility index (Phi) is 3.13. The van der Waals surface area contributed by atoms with E-state index in [1.54, 1.807) is 0 Å². The summed E-state index contributed by atoms with van der Waals surface area (Å²) < 4.78 is 40.2. The summed E-state index contributed by atoms with van der Waals surface area (Å²) in [7, 11) is -2.65. The van der Waals surface area contributed by atoms with Crippen molar-refractivity contribution in [1.29, 1.82) is 0 Å². The fraction of sp³-hybridized carbons (Fsp3) is 0.250. The molecule has 0 unspecified atom stereocenters. The van der Waals surface area contributed by atoms with Crippen molar-refractivity contribution in [3.8, 4) is 5.75 Å². The normalized spacial score (nSPS) is 11.2. The first-order chi connectivity index (χ1) is 7.27. The summed E-state index contributed by atoms with van der Waals surface area (Å²) in [5, 5.41) is 10.5. The van der Waals surface area contributed by atoms with E-state index in [2.05, 4.69) is 4.74 Å². The van der Waals surface area contributed by atoms with Gasteiger partial charge in [0.15, 0.2) is 15.6 Å². The van der Waals surface area contributed by atoms with Crippen molar-refractivity contribution in [1.82, 2.24) is 0 Å². The highest BCUT2D eigenvalue weighted by atomic mass is 32.2. The molecule has 0 heterocycles. The van der Waals surface area contributed by atoms with E-state index in [1.165, 1.54) is 0 Å². The van der Waals surface area contributed by atoms with Crippen LogP contribution in [-0.4, -0.2) is 26.7 Å². The number of hydrogen-bond donors (Lipinski definition) is 0. The Balaban J connectivity index is 3.56. The third-order valence-corrected chi connectivity index (χ3v) is 2.94. The van der Waals surface area contributed by atoms with E-state index in [0.29, 0.717) is 6.07 Å². The Labute approximate surface area is 90.7 Å². The van der Waals surface area contributed by atoms with Gasteiger partial charge in [-0.1, -0.05) is 0 Å². The van der Waals surface area contributed by atoms with Crippen molar-refractivity contribution in [2.75, 3.05) is 13.4 Å². The van der Waals surface area contributed by atoms with E-state index >= 15 is 0 Å². The molecule has 1 aromatic carbocycles. The predicted molar refractivity (Wildman–Crippen MR) is 52.7 cm³/mol. The van der Waals surface area contributed by atoms with Crippen LogP contribution in [0.25, 0.3) is 0 Å². The van der Waals surface area contributed by atoms with Crippen molar-refractivity contribution in [2.24, 2.45) is 0 Å². The molecular weight excluding hydrogens is 241 g/mol. The third kappa shape index (κ3) is 2.27. The van der Waals surface area contributed by atoms with Gasteiger partial charge in [0.1, 0.15) is 10.7 Å². The van der Waals surface area contributed by atoms with Gasteiger partial charge in [-0.15, -0.1) is 0 Å². The number of nitro benzene ring substituents is 1. The highest BCUT2D eigenvalue weighted by Gasteiger charge is 2.23. The molecule has 0 saturated heterocycles. The number of benzene rings is 1. The van der Waals surface area contributed by atoms with Gasteiger partial charge in [0.2, 0.25) is 0 Å². The zero-order chi connectivity index (χ0) is 12.5. The monoisotopic (exact) mass is 249 g/mol. The van der Waals surface area contributed by atoms with Gasteiger partial charge in [-0.25, -0.2) is 12.8 Å². The van der Waals surface area contributed by atoms with Crippen LogP contribution in [0.3, 0.4) is 0 Å². The number of rotatable bonds is 3. The van der Waals surface area contributed by atoms with Crippen LogP contribution in [0, 0.1) is 15.9 Å². The number of halogens is 1. The summed E-state index contributed by atoms with van der Waals surface area (Å²) in [6.45, 7) is 0. The first-order valence-electron chi connectivity index (χ1n) is 3.99. The molecule has 88 valence electrons. The van der Waals surface area contributed by atoms with E-state index in [1.807, 2.05) is 0 Å². The number of nitro groups is 1. The van der Waals surface area contributed by atoms with Gasteiger partial charge in [0.05, 0.1) is 18.1 Å². The second-order valence-electron chi connectivity index (χ2n) is 2.98. The Morgan fingerprint density at radius 2 is 2.00 bits per heavy atom. The summed E-state index contributed by atoms with van der Waals surface area (Å²) >= 11 is 0. The van der Waals surface area contributed by atoms with Crippen LogP contribution in [0.15, 0.2) is 17.0 Å². The Bertz CT molecular complexity index is 540. The molecule has 8 heteroatoms. The maximum absolute atomic E-state index is 13.3. The molecule has 0 aromatic heterocycles. The molecule has 1 rings (SSSR count). The molecule has 0 aliphatic rings. The lowest BCUT2D eigenvalue weighted by Gasteiger charge is -2.05. The van der Waals surface area contributed by atoms with Gasteiger partial charge in [-0.05, 0) is 0 Å². The number of methoxy groups -OCH3 is 1. The van der Waals surface area contributed by atoms with Crippen LogP contribution >= 0.6 is 0 Å². The lowest BCUT2D eigenvalue weighted by atomic mass is 10.3. The van der Waals surface area contributed by atoms with Crippen LogP contribution in [0.4, 0.5) is 10.1 Å². The highest BCUT2D eigenvalue weighted by Crippen LogP contribution is 2.31. The largest absolute Gasteiger partial charge is 0.490 e. The molecule has 6 nitrogen and oxygen atoms in total. The smallest absolute Gasteiger partial charge is 0.313 e. The number of sulfone groups is 1. The quantitative estimate of drug-likeness (QED) is 0.592. The van der Waals surface area contributed by atoms with E-state index in [9.17, 15) is 22.9 Å². The van der Waals surface area contributed by atoms with Crippen LogP contribution in [0.5, 0.6) is 5.75 Å². The van der Waals surface area contributed by atoms with Gasteiger partial charge in [-0.2, -0.15) is 0 Å². The van der Waals surface area contributed by atoms with Crippen molar-refractivity contribution in [3.63, 3.8) is 0 Å². The summed E-state index contributed by atoms with van der Waals surface area (Å²) in [5.74, 6) is -1.47. The van der Waals surface area contributed by atoms with Crippen molar-refractivity contribution in [2.45, 2.75) is 4.90 Å². The summed E-state index contributed by atoms with van der Waals surface area (Å²) in [4.78, 5) is 9.02. The molecule has 0 atom stereocenters. The van der Waals surface area contributed by atoms with Gasteiger partial charge in [0.25, 0.3) is 0 Å². The first kappa shape index (κ1) is 12.4. The maximum Gasteiger partial charge on any atom is 0.313 e. The van der Waals surface area contributed by atoms with Gasteiger partial charge < -0.3 is 4.74 Å². The predicted octanol–water partition coefficient (Wildman–Crippen LogP) is 1.15. The van der Waals surface area contributed by atoms with Crippen LogP contribution in [0.1, 0.15) is 0 Å². The first-order valence-corrected chi connectivity index (χ1v) is 5.88. The maximum atomic E-state index is 13.3. The summed E-state index contributed by atoms with van der Waals surface area (Å²) in [6, 6.07) is 1.32. The topological polar surface area (TPSA) is 86.5 Å². The van der Waals surface area contributed by atoms with Crippen molar-refractivity contribution in [3.05, 3.63) is 28.1 Å². The zero-order valence-electron chi connectivity index (χ0n) is 8.43. The fourth-order valence-electron chi connectivity index (χ4n) is 1.11. The minimum atomic E-state index is -3.79. The molecule has 0 aliphatic carbocycles. The Morgan fingerprint density at radius 1 is 1.44 bits per heavy atom. The van der Waals surface area contributed by atoms with Crippen LogP contribution in [0.2, 0.25) is 0 Å². The van der Waals surface area contributed by atoms with E-state index < -0.39 is 31.2 Å². The minimum absolute atomic E-state index is 0.299. The molecule has 0 amide bonds. The minimum Gasteiger partial charge on any atom is -0.490 e. The molecule has 1 aromatic rings. The number of nitrogens with zero attached hydrogens (tertiary/aromatic N) is 1. The van der Waals surface area contributed by atoms with E-state index in [4.69, 9.17) is 0 Å². The molecule has 0 aliphatic heterocycles. The third-order valence-electron chi connectivity index (χ3n) is 1.83. The molecule has 0 N–H and O–H groups in total. The highest BCUT2D eigenvalue weighted by molar-refractivity contribution is 7.90. The molecule has 0 saturated carbocycles. The average molecular weight is 249 g/mol. The Hall–Kier alpha value is -1.70. The lowest BCUT2D eigenvalue weighted by Crippen LogP contribution is -2.03. The van der Waals surface area contributed by atoms with Crippen molar-refractivity contribution >= 4 is 15.5 Å². The molecule has 0 bridgehead atoms. The summed E-state index contributed by atoms with van der Waals surface area (Å²) in [6.07, 6.45) is 0.802.